The molecule has 0 spiro atoms. The molecule has 0 aromatic heterocycles. The number of carbonyl (C=O) groups excluding carboxylic acids is 1. The molecule has 1 nitrogen and oxygen atoms in total. The van der Waals surface area contributed by atoms with Gasteiger partial charge in [-0.2, -0.15) is 0 Å². The van der Waals surface area contributed by atoms with E-state index in [-0.39, 0.29) is 0 Å². The zero-order chi connectivity index (χ0) is 31.8. The van der Waals surface area contributed by atoms with Crippen LogP contribution in [0, 0.1) is 35.5 Å². The van der Waals surface area contributed by atoms with E-state index in [0.717, 1.165) is 48.3 Å². The summed E-state index contributed by atoms with van der Waals surface area (Å²) in [5.74, 6) is 5.48. The number of ketones is 1. The van der Waals surface area contributed by atoms with Crippen LogP contribution < -0.4 is 0 Å². The van der Waals surface area contributed by atoms with E-state index in [1.807, 2.05) is 0 Å². The lowest BCUT2D eigenvalue weighted by atomic mass is 9.91. The Bertz CT molecular complexity index is 638. The van der Waals surface area contributed by atoms with Gasteiger partial charge in [-0.3, -0.25) is 4.79 Å². The molecule has 0 saturated heterocycles. The highest BCUT2D eigenvalue weighted by molar-refractivity contribution is 5.81. The summed E-state index contributed by atoms with van der Waals surface area (Å²) in [4.78, 5) is 12.5. The molecule has 0 saturated carbocycles. The van der Waals surface area contributed by atoms with Crippen molar-refractivity contribution in [3.63, 3.8) is 0 Å². The first kappa shape index (κ1) is 41.1. The van der Waals surface area contributed by atoms with Crippen LogP contribution in [0.1, 0.15) is 198 Å². The van der Waals surface area contributed by atoms with Crippen LogP contribution in [0.3, 0.4) is 0 Å². The molecular weight excluding hydrogens is 508 g/mol. The molecule has 4 atom stereocenters. The fraction of sp³-hybridized carbons (Fsp3) is 0.878. The summed E-state index contributed by atoms with van der Waals surface area (Å²) in [7, 11) is 0. The van der Waals surface area contributed by atoms with Crippen molar-refractivity contribution in [2.45, 2.75) is 198 Å². The van der Waals surface area contributed by atoms with Crippen LogP contribution in [0.5, 0.6) is 0 Å². The second-order valence-electron chi connectivity index (χ2n) is 15.8. The number of allylic oxidation sites excluding steroid dienone is 4. The van der Waals surface area contributed by atoms with Crippen LogP contribution in [0.2, 0.25) is 0 Å². The van der Waals surface area contributed by atoms with Gasteiger partial charge in [-0.1, -0.05) is 169 Å². The monoisotopic (exact) mass is 587 g/mol. The average molecular weight is 587 g/mol. The summed E-state index contributed by atoms with van der Waals surface area (Å²) in [5, 5.41) is 0. The quantitative estimate of drug-likeness (QED) is 0.0833. The minimum absolute atomic E-state index is 0.362. The van der Waals surface area contributed by atoms with Crippen molar-refractivity contribution in [3.8, 4) is 0 Å². The zero-order valence-corrected chi connectivity index (χ0v) is 30.7. The van der Waals surface area contributed by atoms with Crippen molar-refractivity contribution in [1.29, 1.82) is 0 Å². The Hall–Kier alpha value is -0.850. The minimum Gasteiger partial charge on any atom is -0.299 e. The van der Waals surface area contributed by atoms with Crippen molar-refractivity contribution in [3.05, 3.63) is 23.3 Å². The first-order chi connectivity index (χ1) is 19.9. The third kappa shape index (κ3) is 28.0. The number of carbonyl (C=O) groups is 1. The van der Waals surface area contributed by atoms with Gasteiger partial charge in [0, 0.05) is 12.8 Å². The van der Waals surface area contributed by atoms with Crippen molar-refractivity contribution in [1.82, 2.24) is 0 Å². The van der Waals surface area contributed by atoms with Gasteiger partial charge in [-0.05, 0) is 75.0 Å². The number of hydrogen-bond acceptors (Lipinski definition) is 1. The van der Waals surface area contributed by atoms with Crippen LogP contribution in [0.15, 0.2) is 23.3 Å². The largest absolute Gasteiger partial charge is 0.299 e. The van der Waals surface area contributed by atoms with Crippen LogP contribution >= 0.6 is 0 Å². The SMILES string of the molecule is C/C(=C\CC(=O)C/C=C(\C)CCC[C@H](C)CCC[C@H](C)CCCC(C)C)CCC[C@H](C)CCC[C@H](C)CCCC(C)C. The molecule has 0 rings (SSSR count). The van der Waals surface area contributed by atoms with Gasteiger partial charge in [0.25, 0.3) is 0 Å². The van der Waals surface area contributed by atoms with E-state index in [9.17, 15) is 4.79 Å². The van der Waals surface area contributed by atoms with Gasteiger partial charge in [-0.15, -0.1) is 0 Å². The second kappa shape index (κ2) is 26.5. The predicted octanol–water partition coefficient (Wildman–Crippen LogP) is 14.1. The molecule has 0 fully saturated rings. The third-order valence-electron chi connectivity index (χ3n) is 9.64. The Morgan fingerprint density at radius 3 is 0.976 bits per heavy atom. The van der Waals surface area contributed by atoms with Gasteiger partial charge in [0.05, 0.1) is 0 Å². The Balaban J connectivity index is 3.93. The summed E-state index contributed by atoms with van der Waals surface area (Å²) in [6, 6.07) is 0. The maximum Gasteiger partial charge on any atom is 0.140 e. The van der Waals surface area contributed by atoms with E-state index in [0.29, 0.717) is 18.6 Å². The molecule has 42 heavy (non-hydrogen) atoms. The standard InChI is InChI=1S/C41H78O/c1-33(2)17-11-19-35(5)21-13-23-37(7)25-15-27-39(9)29-31-41(42)32-30-40(10)28-16-26-38(8)24-14-22-36(6)20-12-18-34(3)4/h29-30,33-38H,11-28,31-32H2,1-10H3/b39-29+,40-30+/t35-,36-,37-,38-/m1/s1. The highest BCUT2D eigenvalue weighted by atomic mass is 16.1. The molecule has 1 heteroatoms. The summed E-state index contributed by atoms with van der Waals surface area (Å²) < 4.78 is 0. The zero-order valence-electron chi connectivity index (χ0n) is 30.7. The van der Waals surface area contributed by atoms with Crippen LogP contribution in [0.25, 0.3) is 0 Å². The number of rotatable bonds is 28. The average Bonchev–Trinajstić information content (AvgIpc) is 2.90. The summed E-state index contributed by atoms with van der Waals surface area (Å²) in [6.45, 7) is 23.5. The number of Topliss-reactive ketones (excluding diaryl/α,β-unsaturated/α-hetero) is 1. The molecule has 0 amide bonds. The Labute approximate surface area is 266 Å². The fourth-order valence-electron chi connectivity index (χ4n) is 6.28. The smallest absolute Gasteiger partial charge is 0.140 e. The molecule has 0 aromatic carbocycles. The van der Waals surface area contributed by atoms with Crippen LogP contribution in [-0.4, -0.2) is 5.78 Å². The highest BCUT2D eigenvalue weighted by Gasteiger charge is 2.08. The van der Waals surface area contributed by atoms with Crippen molar-refractivity contribution in [2.75, 3.05) is 0 Å². The maximum atomic E-state index is 12.5. The van der Waals surface area contributed by atoms with E-state index in [4.69, 9.17) is 0 Å². The molecule has 0 aliphatic rings. The summed E-state index contributed by atoms with van der Waals surface area (Å²) >= 11 is 0. The molecule has 0 unspecified atom stereocenters. The van der Waals surface area contributed by atoms with Crippen molar-refractivity contribution in [2.24, 2.45) is 35.5 Å². The molecule has 0 aromatic rings. The molecule has 0 aliphatic carbocycles. The van der Waals surface area contributed by atoms with Crippen LogP contribution in [-0.2, 0) is 4.79 Å². The lowest BCUT2D eigenvalue weighted by Gasteiger charge is -2.15. The fourth-order valence-corrected chi connectivity index (χ4v) is 6.28. The van der Waals surface area contributed by atoms with E-state index in [1.54, 1.807) is 0 Å². The number of hydrogen-bond donors (Lipinski definition) is 0. The molecule has 0 aliphatic heterocycles. The Kier molecular flexibility index (Phi) is 26.0. The first-order valence-electron chi connectivity index (χ1n) is 18.7. The third-order valence-corrected chi connectivity index (χ3v) is 9.64. The van der Waals surface area contributed by atoms with Crippen molar-refractivity contribution >= 4 is 5.78 Å². The normalized spacial score (nSPS) is 15.8. The second-order valence-corrected chi connectivity index (χ2v) is 15.8. The Morgan fingerprint density at radius 1 is 0.429 bits per heavy atom. The van der Waals surface area contributed by atoms with Gasteiger partial charge in [0.1, 0.15) is 5.78 Å². The molecule has 0 radical (unpaired) electrons. The van der Waals surface area contributed by atoms with E-state index in [2.05, 4.69) is 81.4 Å². The molecule has 248 valence electrons. The summed E-state index contributed by atoms with van der Waals surface area (Å²) in [5.41, 5.74) is 2.79. The Morgan fingerprint density at radius 2 is 0.690 bits per heavy atom. The first-order valence-corrected chi connectivity index (χ1v) is 18.7. The molecular formula is C41H78O. The highest BCUT2D eigenvalue weighted by Crippen LogP contribution is 2.24. The van der Waals surface area contributed by atoms with E-state index in [1.165, 1.54) is 114 Å². The van der Waals surface area contributed by atoms with Crippen LogP contribution in [0.4, 0.5) is 0 Å². The topological polar surface area (TPSA) is 17.1 Å². The molecule has 0 heterocycles. The lowest BCUT2D eigenvalue weighted by Crippen LogP contribution is -2.00. The summed E-state index contributed by atoms with van der Waals surface area (Å²) in [6.07, 6.45) is 29.7. The molecule has 0 bridgehead atoms. The van der Waals surface area contributed by atoms with Gasteiger partial charge in [-0.25, -0.2) is 0 Å². The van der Waals surface area contributed by atoms with Crippen molar-refractivity contribution < 1.29 is 4.79 Å². The van der Waals surface area contributed by atoms with Gasteiger partial charge in [0.15, 0.2) is 0 Å². The van der Waals surface area contributed by atoms with E-state index >= 15 is 0 Å². The lowest BCUT2D eigenvalue weighted by molar-refractivity contribution is -0.117. The van der Waals surface area contributed by atoms with Gasteiger partial charge < -0.3 is 0 Å². The minimum atomic E-state index is 0.362. The van der Waals surface area contributed by atoms with E-state index < -0.39 is 0 Å². The predicted molar refractivity (Wildman–Crippen MR) is 191 cm³/mol. The molecule has 0 N–H and O–H groups in total. The van der Waals surface area contributed by atoms with Gasteiger partial charge in [0.2, 0.25) is 0 Å². The maximum absolute atomic E-state index is 12.5. The van der Waals surface area contributed by atoms with Gasteiger partial charge >= 0.3 is 0 Å².